The number of esters is 1. The molecule has 246 valence electrons. The van der Waals surface area contributed by atoms with E-state index >= 15 is 0 Å². The number of aliphatic imine (C=N–C) groups is 1. The lowest BCUT2D eigenvalue weighted by molar-refractivity contribution is -0.155. The number of benzene rings is 3. The van der Waals surface area contributed by atoms with Gasteiger partial charge in [-0.1, -0.05) is 29.3 Å². The Kier molecular flexibility index (Phi) is 11.6. The fourth-order valence-corrected chi connectivity index (χ4v) is 5.48. The molecule has 4 rings (SSSR count). The Hall–Kier alpha value is -3.73. The van der Waals surface area contributed by atoms with Crippen LogP contribution in [0.4, 0.5) is 8.78 Å². The van der Waals surface area contributed by atoms with Gasteiger partial charge < -0.3 is 24.6 Å². The van der Waals surface area contributed by atoms with Gasteiger partial charge in [0.05, 0.1) is 6.61 Å². The summed E-state index contributed by atoms with van der Waals surface area (Å²) in [5.41, 5.74) is -1.15. The first-order valence-corrected chi connectivity index (χ1v) is 15.6. The molecule has 1 aliphatic rings. The molecule has 1 heterocycles. The third-order valence-electron chi connectivity index (χ3n) is 7.03. The van der Waals surface area contributed by atoms with Crippen molar-refractivity contribution in [3.63, 3.8) is 0 Å². The molecule has 0 aliphatic carbocycles. The number of carbonyl (C=O) groups excluding carboxylic acids is 2. The summed E-state index contributed by atoms with van der Waals surface area (Å²) in [6, 6.07) is 14.8. The fraction of sp³-hybridized carbons (Fsp3) is 0.382. The van der Waals surface area contributed by atoms with Crippen molar-refractivity contribution in [1.82, 2.24) is 5.32 Å². The van der Waals surface area contributed by atoms with Gasteiger partial charge in [0.2, 0.25) is 5.90 Å². The van der Waals surface area contributed by atoms with Crippen LogP contribution in [0.25, 0.3) is 0 Å². The topological polar surface area (TPSA) is 106 Å². The van der Waals surface area contributed by atoms with Crippen LogP contribution in [-0.2, 0) is 25.5 Å². The Labute approximate surface area is 276 Å². The molecule has 2 N–H and O–H groups in total. The summed E-state index contributed by atoms with van der Waals surface area (Å²) < 4.78 is 45.1. The van der Waals surface area contributed by atoms with Crippen molar-refractivity contribution in [3.8, 4) is 5.75 Å². The average molecular weight is 678 g/mol. The molecule has 12 heteroatoms. The minimum absolute atomic E-state index is 0.00391. The molecule has 0 radical (unpaired) electrons. The number of amides is 1. The quantitative estimate of drug-likeness (QED) is 0.153. The second-order valence-corrected chi connectivity index (χ2v) is 12.7. The van der Waals surface area contributed by atoms with Crippen molar-refractivity contribution < 1.29 is 37.7 Å². The summed E-state index contributed by atoms with van der Waals surface area (Å²) in [5, 5.41) is 12.5. The standard InChI is InChI=1S/C34H36Cl2F2N2O6/c1-33(2,3)46-29(42)11-13-34(32(43)39-14-12-21-17-24(37)20-25(38)18-21)30(27-10-7-23(35)19-28(27)36)45-31(40-34)22-5-8-26(9-6-22)44-16-4-15-41/h5-10,17-20,30,41H,4,11-16H2,1-3H3,(H,39,43)/t30-,34-/m1/s1. The molecule has 0 saturated heterocycles. The highest BCUT2D eigenvalue weighted by molar-refractivity contribution is 6.35. The minimum atomic E-state index is -1.70. The molecule has 0 bridgehead atoms. The fourth-order valence-electron chi connectivity index (χ4n) is 4.98. The van der Waals surface area contributed by atoms with Crippen LogP contribution in [0.1, 0.15) is 62.8 Å². The summed E-state index contributed by atoms with van der Waals surface area (Å²) in [4.78, 5) is 32.0. The summed E-state index contributed by atoms with van der Waals surface area (Å²) in [6.07, 6.45) is -0.770. The van der Waals surface area contributed by atoms with Gasteiger partial charge >= 0.3 is 5.97 Å². The average Bonchev–Trinajstić information content (AvgIpc) is 3.36. The number of nitrogens with zero attached hydrogens (tertiary/aromatic N) is 1. The van der Waals surface area contributed by atoms with Crippen molar-refractivity contribution in [3.05, 3.63) is 99.0 Å². The maximum absolute atomic E-state index is 14.2. The maximum Gasteiger partial charge on any atom is 0.306 e. The predicted octanol–water partition coefficient (Wildman–Crippen LogP) is 6.77. The Morgan fingerprint density at radius 1 is 1.04 bits per heavy atom. The highest BCUT2D eigenvalue weighted by Crippen LogP contribution is 2.45. The van der Waals surface area contributed by atoms with Gasteiger partial charge in [-0.05, 0) is 87.7 Å². The van der Waals surface area contributed by atoms with Crippen molar-refractivity contribution >= 4 is 41.0 Å². The molecule has 0 aromatic heterocycles. The molecule has 0 unspecified atom stereocenters. The summed E-state index contributed by atoms with van der Waals surface area (Å²) >= 11 is 12.8. The van der Waals surface area contributed by atoms with Crippen LogP contribution in [0, 0.1) is 11.6 Å². The van der Waals surface area contributed by atoms with Gasteiger partial charge in [-0.15, -0.1) is 0 Å². The van der Waals surface area contributed by atoms with E-state index in [0.717, 1.165) is 6.07 Å². The van der Waals surface area contributed by atoms with Crippen LogP contribution in [0.15, 0.2) is 65.7 Å². The molecule has 0 fully saturated rings. The van der Waals surface area contributed by atoms with E-state index in [9.17, 15) is 18.4 Å². The number of carbonyl (C=O) groups is 2. The number of hydrogen-bond donors (Lipinski definition) is 2. The number of rotatable bonds is 13. The van der Waals surface area contributed by atoms with Crippen molar-refractivity contribution in [1.29, 1.82) is 0 Å². The third-order valence-corrected chi connectivity index (χ3v) is 7.59. The lowest BCUT2D eigenvalue weighted by Gasteiger charge is -2.31. The summed E-state index contributed by atoms with van der Waals surface area (Å²) in [6.45, 7) is 5.58. The van der Waals surface area contributed by atoms with E-state index < -0.39 is 40.8 Å². The van der Waals surface area contributed by atoms with E-state index in [1.165, 1.54) is 18.2 Å². The van der Waals surface area contributed by atoms with Crippen LogP contribution in [-0.4, -0.2) is 53.8 Å². The van der Waals surface area contributed by atoms with Gasteiger partial charge in [0.25, 0.3) is 5.91 Å². The van der Waals surface area contributed by atoms with E-state index in [2.05, 4.69) is 5.32 Å². The number of hydrogen-bond acceptors (Lipinski definition) is 7. The Balaban J connectivity index is 1.71. The van der Waals surface area contributed by atoms with Crippen LogP contribution >= 0.6 is 23.2 Å². The summed E-state index contributed by atoms with van der Waals surface area (Å²) in [7, 11) is 0. The number of ether oxygens (including phenoxy) is 3. The molecular formula is C34H36Cl2F2N2O6. The zero-order valence-electron chi connectivity index (χ0n) is 25.7. The van der Waals surface area contributed by atoms with Gasteiger partial charge in [-0.25, -0.2) is 13.8 Å². The van der Waals surface area contributed by atoms with Gasteiger partial charge in [0, 0.05) is 53.2 Å². The van der Waals surface area contributed by atoms with E-state index in [-0.39, 0.29) is 43.3 Å². The number of aliphatic hydroxyl groups is 1. The van der Waals surface area contributed by atoms with Crippen molar-refractivity contribution in [2.75, 3.05) is 19.8 Å². The normalized spacial score (nSPS) is 17.7. The predicted molar refractivity (Wildman–Crippen MR) is 171 cm³/mol. The molecule has 46 heavy (non-hydrogen) atoms. The van der Waals surface area contributed by atoms with E-state index in [1.807, 2.05) is 0 Å². The number of halogens is 4. The van der Waals surface area contributed by atoms with Crippen LogP contribution in [0.5, 0.6) is 5.75 Å². The van der Waals surface area contributed by atoms with Crippen molar-refractivity contribution in [2.24, 2.45) is 4.99 Å². The SMILES string of the molecule is CC(C)(C)OC(=O)CC[C@@]1(C(=O)NCCc2cc(F)cc(F)c2)N=C(c2ccc(OCCCO)cc2)O[C@@H]1c1ccc(Cl)cc1Cl. The molecule has 1 amide bonds. The lowest BCUT2D eigenvalue weighted by atomic mass is 9.83. The second-order valence-electron chi connectivity index (χ2n) is 11.8. The minimum Gasteiger partial charge on any atom is -0.494 e. The highest BCUT2D eigenvalue weighted by atomic mass is 35.5. The molecule has 0 saturated carbocycles. The van der Waals surface area contributed by atoms with Crippen molar-refractivity contribution in [2.45, 2.75) is 63.7 Å². The van der Waals surface area contributed by atoms with Gasteiger partial charge in [-0.2, -0.15) is 0 Å². The number of nitrogens with one attached hydrogen (secondary N) is 1. The van der Waals surface area contributed by atoms with Gasteiger partial charge in [0.1, 0.15) is 23.0 Å². The maximum atomic E-state index is 14.2. The first-order chi connectivity index (χ1) is 21.8. The smallest absolute Gasteiger partial charge is 0.306 e. The summed E-state index contributed by atoms with van der Waals surface area (Å²) in [5.74, 6) is -1.88. The van der Waals surface area contributed by atoms with Gasteiger partial charge in [0.15, 0.2) is 11.6 Å². The van der Waals surface area contributed by atoms with Gasteiger partial charge in [-0.3, -0.25) is 9.59 Å². The molecule has 3 aromatic carbocycles. The van der Waals surface area contributed by atoms with E-state index in [4.69, 9.17) is 47.5 Å². The van der Waals surface area contributed by atoms with Crippen LogP contribution in [0.2, 0.25) is 10.0 Å². The Morgan fingerprint density at radius 2 is 1.74 bits per heavy atom. The first-order valence-electron chi connectivity index (χ1n) is 14.8. The molecule has 1 aliphatic heterocycles. The monoisotopic (exact) mass is 676 g/mol. The van der Waals surface area contributed by atoms with E-state index in [0.29, 0.717) is 40.5 Å². The molecule has 8 nitrogen and oxygen atoms in total. The largest absolute Gasteiger partial charge is 0.494 e. The molecule has 2 atom stereocenters. The lowest BCUT2D eigenvalue weighted by Crippen LogP contribution is -2.49. The molecule has 0 spiro atoms. The third kappa shape index (κ3) is 9.18. The molecule has 3 aromatic rings. The van der Waals surface area contributed by atoms with Crippen LogP contribution in [0.3, 0.4) is 0 Å². The Bertz CT molecular complexity index is 1560. The highest BCUT2D eigenvalue weighted by Gasteiger charge is 2.54. The zero-order valence-corrected chi connectivity index (χ0v) is 27.3. The first kappa shape index (κ1) is 35.1. The van der Waals surface area contributed by atoms with Crippen LogP contribution < -0.4 is 10.1 Å². The van der Waals surface area contributed by atoms with E-state index in [1.54, 1.807) is 57.2 Å². The number of aliphatic hydroxyl groups excluding tert-OH is 1. The molecular weight excluding hydrogens is 641 g/mol. The Morgan fingerprint density at radius 3 is 2.37 bits per heavy atom. The second kappa shape index (κ2) is 15.2. The zero-order chi connectivity index (χ0) is 33.5.